The van der Waals surface area contributed by atoms with Crippen LogP contribution in [0.25, 0.3) is 0 Å². The van der Waals surface area contributed by atoms with Crippen molar-refractivity contribution in [3.63, 3.8) is 0 Å². The van der Waals surface area contributed by atoms with Crippen molar-refractivity contribution in [2.45, 2.75) is 32.0 Å². The maximum Gasteiger partial charge on any atom is 0.0530 e. The smallest absolute Gasteiger partial charge is 0.0530 e. The molecule has 2 N–H and O–H groups in total. The highest BCUT2D eigenvalue weighted by Crippen LogP contribution is 2.19. The Labute approximate surface area is 115 Å². The van der Waals surface area contributed by atoms with Crippen LogP contribution in [0.4, 0.5) is 0 Å². The minimum absolute atomic E-state index is 0.182. The number of hydrogen-bond donors (Lipinski definition) is 2. The molecule has 0 saturated carbocycles. The monoisotopic (exact) mass is 255 g/mol. The fraction of sp³-hybridized carbons (Fsp3) is 0.294. The van der Waals surface area contributed by atoms with E-state index in [1.807, 2.05) is 43.3 Å². The highest BCUT2D eigenvalue weighted by Gasteiger charge is 2.13. The van der Waals surface area contributed by atoms with Crippen molar-refractivity contribution in [3.8, 4) is 0 Å². The van der Waals surface area contributed by atoms with E-state index in [1.165, 1.54) is 11.1 Å². The summed E-state index contributed by atoms with van der Waals surface area (Å²) in [6, 6.07) is 20.8. The molecule has 0 heterocycles. The van der Waals surface area contributed by atoms with Crippen LogP contribution in [0.15, 0.2) is 60.7 Å². The van der Waals surface area contributed by atoms with Crippen LogP contribution in [0, 0.1) is 0 Å². The second kappa shape index (κ2) is 7.07. The quantitative estimate of drug-likeness (QED) is 0.830. The number of hydrogen-bond acceptors (Lipinski definition) is 2. The minimum Gasteiger partial charge on any atom is -0.393 e. The van der Waals surface area contributed by atoms with Crippen molar-refractivity contribution in [1.29, 1.82) is 0 Å². The zero-order valence-electron chi connectivity index (χ0n) is 11.3. The molecule has 19 heavy (non-hydrogen) atoms. The van der Waals surface area contributed by atoms with Crippen LogP contribution in [0.3, 0.4) is 0 Å². The Balaban J connectivity index is 2.02. The molecule has 2 aromatic rings. The first-order valence-electron chi connectivity index (χ1n) is 6.76. The highest BCUT2D eigenvalue weighted by molar-refractivity contribution is 5.20. The van der Waals surface area contributed by atoms with Gasteiger partial charge < -0.3 is 10.4 Å². The molecule has 0 amide bonds. The van der Waals surface area contributed by atoms with Gasteiger partial charge >= 0.3 is 0 Å². The van der Waals surface area contributed by atoms with Crippen LogP contribution in [0.1, 0.15) is 30.5 Å². The van der Waals surface area contributed by atoms with E-state index in [4.69, 9.17) is 0 Å². The topological polar surface area (TPSA) is 32.3 Å². The zero-order chi connectivity index (χ0) is 13.5. The Morgan fingerprint density at radius 2 is 1.53 bits per heavy atom. The van der Waals surface area contributed by atoms with Crippen molar-refractivity contribution in [3.05, 3.63) is 71.8 Å². The Hall–Kier alpha value is -1.64. The summed E-state index contributed by atoms with van der Waals surface area (Å²) in [6.07, 6.45) is 0.408. The Morgan fingerprint density at radius 1 is 0.947 bits per heavy atom. The standard InChI is InChI=1S/C17H21NO/c1-14(19)12-17(16-10-6-3-7-11-16)18-13-15-8-4-2-5-9-15/h2-11,14,17-19H,12-13H2,1H3. The van der Waals surface area contributed by atoms with E-state index in [0.29, 0.717) is 0 Å². The first kappa shape index (κ1) is 13.8. The van der Waals surface area contributed by atoms with Crippen molar-refractivity contribution >= 4 is 0 Å². The first-order chi connectivity index (χ1) is 9.25. The van der Waals surface area contributed by atoms with E-state index in [2.05, 4.69) is 29.6 Å². The molecule has 0 aliphatic rings. The molecule has 0 aromatic heterocycles. The molecular formula is C17H21NO. The molecule has 0 spiro atoms. The summed E-state index contributed by atoms with van der Waals surface area (Å²) < 4.78 is 0. The van der Waals surface area contributed by atoms with E-state index in [1.54, 1.807) is 0 Å². The largest absolute Gasteiger partial charge is 0.393 e. The van der Waals surface area contributed by atoms with E-state index >= 15 is 0 Å². The first-order valence-corrected chi connectivity index (χ1v) is 6.76. The molecule has 0 fully saturated rings. The van der Waals surface area contributed by atoms with E-state index in [9.17, 15) is 5.11 Å². The van der Waals surface area contributed by atoms with Crippen LogP contribution in [0.5, 0.6) is 0 Å². The van der Waals surface area contributed by atoms with Gasteiger partial charge in [0.2, 0.25) is 0 Å². The number of aliphatic hydroxyl groups excluding tert-OH is 1. The van der Waals surface area contributed by atoms with E-state index in [0.717, 1.165) is 13.0 Å². The molecule has 2 atom stereocenters. The van der Waals surface area contributed by atoms with Crippen molar-refractivity contribution in [1.82, 2.24) is 5.32 Å². The molecule has 2 unspecified atom stereocenters. The maximum absolute atomic E-state index is 9.64. The van der Waals surface area contributed by atoms with Gasteiger partial charge in [0.15, 0.2) is 0 Å². The van der Waals surface area contributed by atoms with Gasteiger partial charge in [-0.3, -0.25) is 0 Å². The number of benzene rings is 2. The predicted octanol–water partition coefficient (Wildman–Crippen LogP) is 3.29. The van der Waals surface area contributed by atoms with Gasteiger partial charge in [0.25, 0.3) is 0 Å². The number of aliphatic hydroxyl groups is 1. The van der Waals surface area contributed by atoms with Gasteiger partial charge in [0.1, 0.15) is 0 Å². The second-order valence-electron chi connectivity index (χ2n) is 4.91. The normalized spacial score (nSPS) is 14.0. The summed E-state index contributed by atoms with van der Waals surface area (Å²) in [5.41, 5.74) is 2.48. The molecular weight excluding hydrogens is 234 g/mol. The van der Waals surface area contributed by atoms with Gasteiger partial charge in [0, 0.05) is 12.6 Å². The molecule has 2 nitrogen and oxygen atoms in total. The fourth-order valence-corrected chi connectivity index (χ4v) is 2.20. The fourth-order valence-electron chi connectivity index (χ4n) is 2.20. The molecule has 100 valence electrons. The van der Waals surface area contributed by atoms with Gasteiger partial charge in [0.05, 0.1) is 6.10 Å². The van der Waals surface area contributed by atoms with Crippen molar-refractivity contribution in [2.75, 3.05) is 0 Å². The lowest BCUT2D eigenvalue weighted by molar-refractivity contribution is 0.167. The molecule has 0 aliphatic heterocycles. The average Bonchev–Trinajstić information content (AvgIpc) is 2.45. The summed E-state index contributed by atoms with van der Waals surface area (Å²) in [6.45, 7) is 2.65. The molecule has 2 heteroatoms. The van der Waals surface area contributed by atoms with Crippen LogP contribution in [0.2, 0.25) is 0 Å². The summed E-state index contributed by atoms with van der Waals surface area (Å²) in [5.74, 6) is 0. The van der Waals surface area contributed by atoms with Gasteiger partial charge in [-0.2, -0.15) is 0 Å². The summed E-state index contributed by atoms with van der Waals surface area (Å²) in [7, 11) is 0. The second-order valence-corrected chi connectivity index (χ2v) is 4.91. The lowest BCUT2D eigenvalue weighted by Gasteiger charge is -2.20. The van der Waals surface area contributed by atoms with Gasteiger partial charge in [-0.1, -0.05) is 60.7 Å². The lowest BCUT2D eigenvalue weighted by atomic mass is 10.0. The molecule has 0 aliphatic carbocycles. The van der Waals surface area contributed by atoms with Crippen LogP contribution < -0.4 is 5.32 Å². The Morgan fingerprint density at radius 3 is 2.11 bits per heavy atom. The summed E-state index contributed by atoms with van der Waals surface area (Å²) >= 11 is 0. The third-order valence-corrected chi connectivity index (χ3v) is 3.17. The predicted molar refractivity (Wildman–Crippen MR) is 78.8 cm³/mol. The Kier molecular flexibility index (Phi) is 5.13. The van der Waals surface area contributed by atoms with Crippen LogP contribution >= 0.6 is 0 Å². The Bertz CT molecular complexity index is 467. The van der Waals surface area contributed by atoms with E-state index < -0.39 is 0 Å². The minimum atomic E-state index is -0.312. The average molecular weight is 255 g/mol. The summed E-state index contributed by atoms with van der Waals surface area (Å²) in [5, 5.41) is 13.2. The van der Waals surface area contributed by atoms with Gasteiger partial charge in [-0.05, 0) is 24.5 Å². The lowest BCUT2D eigenvalue weighted by Crippen LogP contribution is -2.24. The number of nitrogens with one attached hydrogen (secondary N) is 1. The van der Waals surface area contributed by atoms with Crippen molar-refractivity contribution < 1.29 is 5.11 Å². The molecule has 0 bridgehead atoms. The third kappa shape index (κ3) is 4.51. The maximum atomic E-state index is 9.64. The number of rotatable bonds is 6. The zero-order valence-corrected chi connectivity index (χ0v) is 11.3. The van der Waals surface area contributed by atoms with Gasteiger partial charge in [-0.15, -0.1) is 0 Å². The SMILES string of the molecule is CC(O)CC(NCc1ccccc1)c1ccccc1. The van der Waals surface area contributed by atoms with Crippen molar-refractivity contribution in [2.24, 2.45) is 0 Å². The molecule has 2 aromatic carbocycles. The molecule has 2 rings (SSSR count). The van der Waals surface area contributed by atoms with Gasteiger partial charge in [-0.25, -0.2) is 0 Å². The third-order valence-electron chi connectivity index (χ3n) is 3.17. The van der Waals surface area contributed by atoms with E-state index in [-0.39, 0.29) is 12.1 Å². The molecule has 0 saturated heterocycles. The summed E-state index contributed by atoms with van der Waals surface area (Å²) in [4.78, 5) is 0. The van der Waals surface area contributed by atoms with Crippen LogP contribution in [-0.2, 0) is 6.54 Å². The molecule has 0 radical (unpaired) electrons. The highest BCUT2D eigenvalue weighted by atomic mass is 16.3. The van der Waals surface area contributed by atoms with Crippen LogP contribution in [-0.4, -0.2) is 11.2 Å².